The van der Waals surface area contributed by atoms with Crippen molar-refractivity contribution in [2.75, 3.05) is 45.9 Å². The van der Waals surface area contributed by atoms with Crippen molar-refractivity contribution < 1.29 is 14.6 Å². The molecule has 0 spiro atoms. The summed E-state index contributed by atoms with van der Waals surface area (Å²) < 4.78 is 5.45. The van der Waals surface area contributed by atoms with Crippen LogP contribution in [0.1, 0.15) is 17.7 Å². The molecule has 2 N–H and O–H groups in total. The lowest BCUT2D eigenvalue weighted by atomic mass is 9.77. The van der Waals surface area contributed by atoms with Crippen molar-refractivity contribution in [3.05, 3.63) is 22.4 Å². The average molecular weight is 380 g/mol. The zero-order valence-electron chi connectivity index (χ0n) is 15.2. The number of hydrogen-bond acceptors (Lipinski definition) is 6. The summed E-state index contributed by atoms with van der Waals surface area (Å²) in [6, 6.07) is 4.31. The Bertz CT molecular complexity index is 591. The maximum absolute atomic E-state index is 12.3. The number of aliphatic hydroxyl groups is 1. The van der Waals surface area contributed by atoms with E-state index in [1.807, 2.05) is 17.5 Å². The van der Waals surface area contributed by atoms with Gasteiger partial charge < -0.3 is 15.2 Å². The molecule has 1 aromatic heterocycles. The van der Waals surface area contributed by atoms with Crippen LogP contribution in [0.2, 0.25) is 0 Å². The van der Waals surface area contributed by atoms with Gasteiger partial charge in [0.05, 0.1) is 32.4 Å². The monoisotopic (exact) mass is 379 g/mol. The van der Waals surface area contributed by atoms with E-state index < -0.39 is 0 Å². The molecule has 3 aliphatic rings. The number of rotatable bonds is 5. The standard InChI is InChI=1S/C19H29N3O3S/c23-18-9-15-12-21(13-19(24)20-10-16-2-1-7-26-16)11-14(15)8-17(18)22-3-5-25-6-4-22/h1-2,7,14-15,17-18,23H,3-6,8-13H2,(H,20,24)/t14-,15+,17-,18-/m1/s1. The van der Waals surface area contributed by atoms with Crippen molar-refractivity contribution in [1.29, 1.82) is 0 Å². The van der Waals surface area contributed by atoms with Crippen LogP contribution in [-0.2, 0) is 16.1 Å². The third-order valence-corrected chi connectivity index (χ3v) is 6.98. The first-order valence-electron chi connectivity index (χ1n) is 9.70. The number of thiophene rings is 1. The third-order valence-electron chi connectivity index (χ3n) is 6.11. The number of hydrogen-bond donors (Lipinski definition) is 2. The Morgan fingerprint density at radius 3 is 2.77 bits per heavy atom. The minimum Gasteiger partial charge on any atom is -0.391 e. The number of nitrogens with one attached hydrogen (secondary N) is 1. The molecule has 3 heterocycles. The minimum absolute atomic E-state index is 0.0994. The van der Waals surface area contributed by atoms with Crippen LogP contribution in [-0.4, -0.2) is 78.9 Å². The van der Waals surface area contributed by atoms with E-state index in [1.165, 1.54) is 4.88 Å². The van der Waals surface area contributed by atoms with E-state index in [-0.39, 0.29) is 18.1 Å². The molecule has 0 aromatic carbocycles. The SMILES string of the molecule is O=C(CN1C[C@H]2C[C@@H](N3CCOCC3)[C@H](O)C[C@H]2C1)NCc1cccs1. The summed E-state index contributed by atoms with van der Waals surface area (Å²) in [5, 5.41) is 15.7. The van der Waals surface area contributed by atoms with Gasteiger partial charge >= 0.3 is 0 Å². The van der Waals surface area contributed by atoms with Gasteiger partial charge in [-0.2, -0.15) is 0 Å². The van der Waals surface area contributed by atoms with Gasteiger partial charge in [-0.25, -0.2) is 0 Å². The van der Waals surface area contributed by atoms with Gasteiger partial charge in [0.25, 0.3) is 0 Å². The summed E-state index contributed by atoms with van der Waals surface area (Å²) in [7, 11) is 0. The minimum atomic E-state index is -0.248. The van der Waals surface area contributed by atoms with Crippen molar-refractivity contribution in [2.45, 2.75) is 31.5 Å². The predicted molar refractivity (Wildman–Crippen MR) is 101 cm³/mol. The van der Waals surface area contributed by atoms with Gasteiger partial charge in [0.15, 0.2) is 0 Å². The zero-order valence-corrected chi connectivity index (χ0v) is 16.0. The number of fused-ring (bicyclic) bond motifs is 1. The van der Waals surface area contributed by atoms with E-state index >= 15 is 0 Å². The highest BCUT2D eigenvalue weighted by atomic mass is 32.1. The second-order valence-electron chi connectivity index (χ2n) is 7.82. The highest BCUT2D eigenvalue weighted by molar-refractivity contribution is 7.09. The van der Waals surface area contributed by atoms with Crippen molar-refractivity contribution in [1.82, 2.24) is 15.1 Å². The van der Waals surface area contributed by atoms with E-state index in [2.05, 4.69) is 15.1 Å². The fourth-order valence-corrected chi connectivity index (χ4v) is 5.44. The first kappa shape index (κ1) is 18.4. The summed E-state index contributed by atoms with van der Waals surface area (Å²) in [4.78, 5) is 18.1. The first-order valence-corrected chi connectivity index (χ1v) is 10.6. The molecule has 2 aliphatic heterocycles. The summed E-state index contributed by atoms with van der Waals surface area (Å²) in [6.07, 6.45) is 1.65. The molecule has 0 radical (unpaired) electrons. The van der Waals surface area contributed by atoms with E-state index in [1.54, 1.807) is 11.3 Å². The predicted octanol–water partition coefficient (Wildman–Crippen LogP) is 0.768. The molecular formula is C19H29N3O3S. The normalized spacial score (nSPS) is 33.1. The summed E-state index contributed by atoms with van der Waals surface area (Å²) >= 11 is 1.67. The van der Waals surface area contributed by atoms with Crippen LogP contribution in [0.3, 0.4) is 0 Å². The van der Waals surface area contributed by atoms with Crippen LogP contribution < -0.4 is 5.32 Å². The van der Waals surface area contributed by atoms with Gasteiger partial charge in [0, 0.05) is 37.1 Å². The Labute approximate surface area is 159 Å². The van der Waals surface area contributed by atoms with Gasteiger partial charge in [-0.1, -0.05) is 6.07 Å². The van der Waals surface area contributed by atoms with Gasteiger partial charge in [-0.3, -0.25) is 14.6 Å². The Balaban J connectivity index is 1.26. The maximum atomic E-state index is 12.3. The second kappa shape index (κ2) is 8.35. The number of ether oxygens (including phenoxy) is 1. The Morgan fingerprint density at radius 2 is 2.04 bits per heavy atom. The molecule has 4 atom stereocenters. The van der Waals surface area contributed by atoms with E-state index in [9.17, 15) is 9.90 Å². The van der Waals surface area contributed by atoms with Crippen molar-refractivity contribution in [2.24, 2.45) is 11.8 Å². The number of aliphatic hydroxyl groups excluding tert-OH is 1. The molecular weight excluding hydrogens is 350 g/mol. The largest absolute Gasteiger partial charge is 0.391 e. The first-order chi connectivity index (χ1) is 12.7. The molecule has 3 fully saturated rings. The second-order valence-corrected chi connectivity index (χ2v) is 8.86. The topological polar surface area (TPSA) is 65.0 Å². The van der Waals surface area contributed by atoms with Gasteiger partial charge in [-0.05, 0) is 36.1 Å². The highest BCUT2D eigenvalue weighted by Gasteiger charge is 2.43. The van der Waals surface area contributed by atoms with Crippen LogP contribution >= 0.6 is 11.3 Å². The van der Waals surface area contributed by atoms with Crippen molar-refractivity contribution in [3.63, 3.8) is 0 Å². The number of carbonyl (C=O) groups is 1. The lowest BCUT2D eigenvalue weighted by Gasteiger charge is -2.43. The fraction of sp³-hybridized carbons (Fsp3) is 0.737. The molecule has 6 nitrogen and oxygen atoms in total. The fourth-order valence-electron chi connectivity index (χ4n) is 4.79. The average Bonchev–Trinajstić information content (AvgIpc) is 3.29. The molecule has 1 aromatic rings. The van der Waals surface area contributed by atoms with Crippen molar-refractivity contribution in [3.8, 4) is 0 Å². The molecule has 1 aliphatic carbocycles. The van der Waals surface area contributed by atoms with E-state index in [4.69, 9.17) is 4.74 Å². The summed E-state index contributed by atoms with van der Waals surface area (Å²) in [6.45, 7) is 6.39. The van der Waals surface area contributed by atoms with Crippen LogP contribution in [0.5, 0.6) is 0 Å². The van der Waals surface area contributed by atoms with E-state index in [0.29, 0.717) is 24.9 Å². The Hall–Kier alpha value is -0.990. The van der Waals surface area contributed by atoms with Crippen molar-refractivity contribution >= 4 is 17.2 Å². The molecule has 1 amide bonds. The summed E-state index contributed by atoms with van der Waals surface area (Å²) in [5.41, 5.74) is 0. The molecule has 0 bridgehead atoms. The lowest BCUT2D eigenvalue weighted by Crippen LogP contribution is -2.53. The van der Waals surface area contributed by atoms with Crippen LogP contribution in [0.4, 0.5) is 0 Å². The molecule has 144 valence electrons. The smallest absolute Gasteiger partial charge is 0.234 e. The molecule has 1 saturated carbocycles. The highest BCUT2D eigenvalue weighted by Crippen LogP contribution is 2.38. The van der Waals surface area contributed by atoms with E-state index in [0.717, 1.165) is 52.2 Å². The number of likely N-dealkylation sites (tertiary alicyclic amines) is 1. The Kier molecular flexibility index (Phi) is 5.90. The quantitative estimate of drug-likeness (QED) is 0.791. The number of morpholine rings is 1. The lowest BCUT2D eigenvalue weighted by molar-refractivity contribution is -0.122. The number of nitrogens with zero attached hydrogens (tertiary/aromatic N) is 2. The van der Waals surface area contributed by atoms with Crippen LogP contribution in [0.25, 0.3) is 0 Å². The summed E-state index contributed by atoms with van der Waals surface area (Å²) in [5.74, 6) is 1.21. The molecule has 7 heteroatoms. The molecule has 0 unspecified atom stereocenters. The number of carbonyl (C=O) groups excluding carboxylic acids is 1. The van der Waals surface area contributed by atoms with Gasteiger partial charge in [-0.15, -0.1) is 11.3 Å². The zero-order chi connectivity index (χ0) is 17.9. The maximum Gasteiger partial charge on any atom is 0.234 e. The molecule has 2 saturated heterocycles. The molecule has 26 heavy (non-hydrogen) atoms. The third kappa shape index (κ3) is 4.28. The van der Waals surface area contributed by atoms with Gasteiger partial charge in [0.1, 0.15) is 0 Å². The Morgan fingerprint density at radius 1 is 1.27 bits per heavy atom. The number of amides is 1. The van der Waals surface area contributed by atoms with Crippen LogP contribution in [0.15, 0.2) is 17.5 Å². The van der Waals surface area contributed by atoms with Crippen LogP contribution in [0, 0.1) is 11.8 Å². The molecule has 4 rings (SSSR count). The van der Waals surface area contributed by atoms with Gasteiger partial charge in [0.2, 0.25) is 5.91 Å².